The topological polar surface area (TPSA) is 76.8 Å². The van der Waals surface area contributed by atoms with Gasteiger partial charge in [0.2, 0.25) is 0 Å². The van der Waals surface area contributed by atoms with E-state index < -0.39 is 28.7 Å². The molecule has 1 aliphatic rings. The molecule has 11 heteroatoms. The van der Waals surface area contributed by atoms with E-state index in [1.807, 2.05) is 0 Å². The lowest BCUT2D eigenvalue weighted by Gasteiger charge is -2.33. The Bertz CT molecular complexity index is 1070. The first-order valence-corrected chi connectivity index (χ1v) is 9.03. The summed E-state index contributed by atoms with van der Waals surface area (Å²) in [6.45, 7) is 2.03. The summed E-state index contributed by atoms with van der Waals surface area (Å²) in [5.41, 5.74) is 0.767. The molecule has 0 radical (unpaired) electrons. The molecule has 0 aliphatic carbocycles. The van der Waals surface area contributed by atoms with Gasteiger partial charge >= 0.3 is 6.18 Å². The average Bonchev–Trinajstić information content (AvgIpc) is 3.13. The van der Waals surface area contributed by atoms with Crippen molar-refractivity contribution < 1.29 is 18.0 Å². The van der Waals surface area contributed by atoms with Crippen LogP contribution in [0.1, 0.15) is 40.3 Å². The van der Waals surface area contributed by atoms with E-state index in [1.165, 1.54) is 23.4 Å². The Morgan fingerprint density at radius 3 is 2.66 bits per heavy atom. The van der Waals surface area contributed by atoms with Crippen molar-refractivity contribution in [1.82, 2.24) is 29.9 Å². The molecule has 0 bridgehead atoms. The first-order valence-electron chi connectivity index (χ1n) is 8.65. The van der Waals surface area contributed by atoms with Crippen LogP contribution < -0.4 is 0 Å². The number of benzene rings is 1. The molecule has 1 atom stereocenters. The van der Waals surface area contributed by atoms with Gasteiger partial charge in [0, 0.05) is 13.0 Å². The lowest BCUT2D eigenvalue weighted by molar-refractivity contribution is -0.137. The van der Waals surface area contributed by atoms with Gasteiger partial charge in [-0.05, 0) is 19.1 Å². The van der Waals surface area contributed by atoms with Crippen LogP contribution in [0.25, 0.3) is 5.69 Å². The van der Waals surface area contributed by atoms with E-state index in [0.29, 0.717) is 17.8 Å². The number of carbonyl (C=O) groups excluding carboxylic acids is 1. The second-order valence-electron chi connectivity index (χ2n) is 6.52. The summed E-state index contributed by atoms with van der Waals surface area (Å²) < 4.78 is 41.0. The van der Waals surface area contributed by atoms with Crippen molar-refractivity contribution in [2.24, 2.45) is 0 Å². The molecule has 0 N–H and O–H groups in total. The molecule has 4 rings (SSSR count). The number of fused-ring (bicyclic) bond motifs is 1. The number of aromatic nitrogens is 5. The van der Waals surface area contributed by atoms with E-state index in [0.717, 1.165) is 11.8 Å². The molecule has 1 aliphatic heterocycles. The van der Waals surface area contributed by atoms with E-state index in [2.05, 4.69) is 20.3 Å². The summed E-state index contributed by atoms with van der Waals surface area (Å²) in [6.07, 6.45) is 0.353. The summed E-state index contributed by atoms with van der Waals surface area (Å²) in [5, 5.41) is 7.69. The molecular formula is C18H14ClF3N6O. The van der Waals surface area contributed by atoms with Crippen molar-refractivity contribution >= 4 is 17.5 Å². The van der Waals surface area contributed by atoms with Crippen molar-refractivity contribution in [3.8, 4) is 5.69 Å². The Hall–Kier alpha value is -3.01. The van der Waals surface area contributed by atoms with Crippen molar-refractivity contribution in [3.05, 3.63) is 64.5 Å². The highest BCUT2D eigenvalue weighted by Crippen LogP contribution is 2.38. The third kappa shape index (κ3) is 3.33. The Morgan fingerprint density at radius 2 is 1.97 bits per heavy atom. The van der Waals surface area contributed by atoms with E-state index in [-0.39, 0.29) is 12.1 Å². The number of hydrogen-bond acceptors (Lipinski definition) is 5. The summed E-state index contributed by atoms with van der Waals surface area (Å²) in [4.78, 5) is 22.4. The molecule has 150 valence electrons. The predicted molar refractivity (Wildman–Crippen MR) is 96.6 cm³/mol. The van der Waals surface area contributed by atoms with Crippen LogP contribution in [-0.4, -0.2) is 42.3 Å². The first-order chi connectivity index (χ1) is 13.8. The van der Waals surface area contributed by atoms with Crippen LogP contribution in [0.5, 0.6) is 0 Å². The average molecular weight is 423 g/mol. The SMILES string of the molecule is CC1c2nnn(-c3cncnc3)c2CCN1C(=O)c1cccc(C(F)(F)F)c1Cl. The molecule has 3 aromatic rings. The number of alkyl halides is 3. The lowest BCUT2D eigenvalue weighted by Crippen LogP contribution is -2.39. The van der Waals surface area contributed by atoms with Crippen LogP contribution in [0.4, 0.5) is 13.2 Å². The monoisotopic (exact) mass is 422 g/mol. The van der Waals surface area contributed by atoms with E-state index in [9.17, 15) is 18.0 Å². The maximum Gasteiger partial charge on any atom is 0.417 e. The second kappa shape index (κ2) is 7.11. The zero-order valence-corrected chi connectivity index (χ0v) is 15.8. The maximum atomic E-state index is 13.1. The third-order valence-corrected chi connectivity index (χ3v) is 5.24. The van der Waals surface area contributed by atoms with Crippen molar-refractivity contribution in [3.63, 3.8) is 0 Å². The Labute approximate surface area is 168 Å². The maximum absolute atomic E-state index is 13.1. The van der Waals surface area contributed by atoms with Gasteiger partial charge in [-0.15, -0.1) is 5.10 Å². The summed E-state index contributed by atoms with van der Waals surface area (Å²) in [6, 6.07) is 2.83. The Balaban J connectivity index is 1.66. The smallest absolute Gasteiger partial charge is 0.330 e. The van der Waals surface area contributed by atoms with Crippen LogP contribution in [0.2, 0.25) is 5.02 Å². The molecule has 1 unspecified atom stereocenters. The highest BCUT2D eigenvalue weighted by Gasteiger charge is 2.37. The van der Waals surface area contributed by atoms with Crippen molar-refractivity contribution in [1.29, 1.82) is 0 Å². The van der Waals surface area contributed by atoms with Crippen LogP contribution in [0, 0.1) is 0 Å². The van der Waals surface area contributed by atoms with Crippen molar-refractivity contribution in [2.45, 2.75) is 25.6 Å². The highest BCUT2D eigenvalue weighted by molar-refractivity contribution is 6.34. The predicted octanol–water partition coefficient (Wildman–Crippen LogP) is 3.49. The lowest BCUT2D eigenvalue weighted by atomic mass is 10.0. The minimum atomic E-state index is -4.64. The molecule has 0 saturated heterocycles. The van der Waals surface area contributed by atoms with E-state index >= 15 is 0 Å². The van der Waals surface area contributed by atoms with Gasteiger partial charge in [-0.25, -0.2) is 14.6 Å². The second-order valence-corrected chi connectivity index (χ2v) is 6.90. The third-order valence-electron chi connectivity index (χ3n) is 4.83. The number of rotatable bonds is 2. The van der Waals surface area contributed by atoms with Crippen LogP contribution >= 0.6 is 11.6 Å². The molecule has 7 nitrogen and oxygen atoms in total. The number of amides is 1. The van der Waals surface area contributed by atoms with E-state index in [1.54, 1.807) is 24.0 Å². The standard InChI is InChI=1S/C18H14ClF3N6O/c1-10-16-14(28(26-25-16)11-7-23-9-24-8-11)5-6-27(10)17(29)12-3-2-4-13(15(12)19)18(20,21)22/h2-4,7-10H,5-6H2,1H3. The summed E-state index contributed by atoms with van der Waals surface area (Å²) in [5.74, 6) is -0.586. The zero-order chi connectivity index (χ0) is 20.8. The number of nitrogens with zero attached hydrogens (tertiary/aromatic N) is 6. The van der Waals surface area contributed by atoms with Gasteiger partial charge in [0.15, 0.2) is 0 Å². The first kappa shape index (κ1) is 19.3. The quantitative estimate of drug-likeness (QED) is 0.632. The van der Waals surface area contributed by atoms with Crippen LogP contribution in [-0.2, 0) is 12.6 Å². The normalized spacial score (nSPS) is 16.6. The van der Waals surface area contributed by atoms with Gasteiger partial charge in [-0.1, -0.05) is 22.9 Å². The van der Waals surface area contributed by atoms with Gasteiger partial charge in [0.1, 0.15) is 17.7 Å². The minimum absolute atomic E-state index is 0.194. The number of hydrogen-bond donors (Lipinski definition) is 0. The van der Waals surface area contributed by atoms with Gasteiger partial charge in [-0.2, -0.15) is 13.2 Å². The fourth-order valence-electron chi connectivity index (χ4n) is 3.40. The molecule has 2 aromatic heterocycles. The molecular weight excluding hydrogens is 409 g/mol. The Morgan fingerprint density at radius 1 is 1.24 bits per heavy atom. The molecule has 29 heavy (non-hydrogen) atoms. The highest BCUT2D eigenvalue weighted by atomic mass is 35.5. The van der Waals surface area contributed by atoms with Crippen LogP contribution in [0.15, 0.2) is 36.9 Å². The number of halogens is 4. The molecule has 1 aromatic carbocycles. The molecule has 0 fully saturated rings. The minimum Gasteiger partial charge on any atom is -0.330 e. The summed E-state index contributed by atoms with van der Waals surface area (Å²) >= 11 is 5.93. The zero-order valence-electron chi connectivity index (χ0n) is 15.1. The Kier molecular flexibility index (Phi) is 4.73. The van der Waals surface area contributed by atoms with Gasteiger partial charge in [-0.3, -0.25) is 4.79 Å². The largest absolute Gasteiger partial charge is 0.417 e. The van der Waals surface area contributed by atoms with Gasteiger partial charge < -0.3 is 4.90 Å². The molecule has 0 saturated carbocycles. The fourth-order valence-corrected chi connectivity index (χ4v) is 3.71. The van der Waals surface area contributed by atoms with Gasteiger partial charge in [0.05, 0.1) is 40.3 Å². The van der Waals surface area contributed by atoms with Gasteiger partial charge in [0.25, 0.3) is 5.91 Å². The molecule has 1 amide bonds. The molecule has 0 spiro atoms. The van der Waals surface area contributed by atoms with Crippen LogP contribution in [0.3, 0.4) is 0 Å². The van der Waals surface area contributed by atoms with Crippen molar-refractivity contribution in [2.75, 3.05) is 6.54 Å². The van der Waals surface area contributed by atoms with E-state index in [4.69, 9.17) is 11.6 Å². The number of carbonyl (C=O) groups is 1. The molecule has 3 heterocycles. The fraction of sp³-hybridized carbons (Fsp3) is 0.278. The summed E-state index contributed by atoms with van der Waals surface area (Å²) in [7, 11) is 0.